The number of rotatable bonds is 9. The summed E-state index contributed by atoms with van der Waals surface area (Å²) in [5.41, 5.74) is 2.46. The fourth-order valence-electron chi connectivity index (χ4n) is 2.65. The molecule has 2 rings (SSSR count). The number of nitrogens with zero attached hydrogens (tertiary/aromatic N) is 1. The molecule has 7 nitrogen and oxygen atoms in total. The number of amides is 3. The van der Waals surface area contributed by atoms with E-state index < -0.39 is 31.2 Å². The van der Waals surface area contributed by atoms with Crippen molar-refractivity contribution in [1.82, 2.24) is 20.9 Å². The number of benzene rings is 1. The summed E-state index contributed by atoms with van der Waals surface area (Å²) in [5, 5.41) is 17.3. The Hall–Kier alpha value is -3.14. The predicted octanol–water partition coefficient (Wildman–Crippen LogP) is 2.32. The van der Waals surface area contributed by atoms with Crippen LogP contribution < -0.4 is 16.0 Å². The van der Waals surface area contributed by atoms with E-state index in [0.29, 0.717) is 12.2 Å². The Kier molecular flexibility index (Phi) is 8.60. The number of alkyl halides is 3. The molecule has 0 radical (unpaired) electrons. The van der Waals surface area contributed by atoms with Crippen LogP contribution in [0.25, 0.3) is 11.1 Å². The second-order valence-corrected chi connectivity index (χ2v) is 6.39. The normalized spacial score (nSPS) is 12.9. The number of aliphatic hydroxyl groups excluding tert-OH is 1. The van der Waals surface area contributed by atoms with E-state index in [0.717, 1.165) is 11.1 Å². The maximum absolute atomic E-state index is 13.1. The average Bonchev–Trinajstić information content (AvgIpc) is 2.76. The highest BCUT2D eigenvalue weighted by molar-refractivity contribution is 5.79. The van der Waals surface area contributed by atoms with Crippen LogP contribution in [0.3, 0.4) is 0 Å². The van der Waals surface area contributed by atoms with E-state index in [4.69, 9.17) is 0 Å². The van der Waals surface area contributed by atoms with Crippen molar-refractivity contribution in [2.75, 3.05) is 13.2 Å². The lowest BCUT2D eigenvalue weighted by Gasteiger charge is -2.22. The molecular formula is C20H23F3N4O3. The van der Waals surface area contributed by atoms with Crippen LogP contribution in [0.1, 0.15) is 24.3 Å². The monoisotopic (exact) mass is 424 g/mol. The molecule has 2 unspecified atom stereocenters. The Morgan fingerprint density at radius 2 is 1.73 bits per heavy atom. The van der Waals surface area contributed by atoms with E-state index in [9.17, 15) is 27.9 Å². The standard InChI is InChI=1S/C20H23F3N4O3/c1-2-24-20(30)26-11-15-8-7-14(10-25-15)12-3-5-13(6-4-12)17(28)16(9-21)27-19(29)18(22)23/h3-8,10,16-18,28H,2,9,11H2,1H3,(H,27,29)(H2,24,26,30). The van der Waals surface area contributed by atoms with Crippen molar-refractivity contribution >= 4 is 11.9 Å². The second-order valence-electron chi connectivity index (χ2n) is 6.39. The highest BCUT2D eigenvalue weighted by atomic mass is 19.3. The van der Waals surface area contributed by atoms with Crippen LogP contribution in [-0.2, 0) is 11.3 Å². The molecule has 0 spiro atoms. The van der Waals surface area contributed by atoms with Gasteiger partial charge in [-0.15, -0.1) is 0 Å². The maximum atomic E-state index is 13.1. The van der Waals surface area contributed by atoms with Crippen molar-refractivity contribution in [3.8, 4) is 11.1 Å². The van der Waals surface area contributed by atoms with Crippen LogP contribution in [0.4, 0.5) is 18.0 Å². The van der Waals surface area contributed by atoms with Crippen LogP contribution in [0.2, 0.25) is 0 Å². The van der Waals surface area contributed by atoms with E-state index in [1.54, 1.807) is 35.8 Å². The minimum Gasteiger partial charge on any atom is -0.386 e. The summed E-state index contributed by atoms with van der Waals surface area (Å²) in [6, 6.07) is 8.15. The number of carbonyl (C=O) groups excluding carboxylic acids is 2. The highest BCUT2D eigenvalue weighted by Gasteiger charge is 2.26. The van der Waals surface area contributed by atoms with E-state index in [1.165, 1.54) is 12.1 Å². The molecule has 0 aliphatic rings. The molecule has 4 N–H and O–H groups in total. The van der Waals surface area contributed by atoms with Gasteiger partial charge >= 0.3 is 12.5 Å². The third kappa shape index (κ3) is 6.45. The Labute approximate surface area is 171 Å². The zero-order valence-corrected chi connectivity index (χ0v) is 16.2. The maximum Gasteiger partial charge on any atom is 0.315 e. The quantitative estimate of drug-likeness (QED) is 0.496. The molecule has 0 aliphatic heterocycles. The molecule has 1 heterocycles. The molecule has 0 fully saturated rings. The number of nitrogens with one attached hydrogen (secondary N) is 3. The summed E-state index contributed by atoms with van der Waals surface area (Å²) in [6.45, 7) is 1.41. The van der Waals surface area contributed by atoms with Gasteiger partial charge in [0.15, 0.2) is 0 Å². The lowest BCUT2D eigenvalue weighted by molar-refractivity contribution is -0.133. The fraction of sp³-hybridized carbons (Fsp3) is 0.350. The summed E-state index contributed by atoms with van der Waals surface area (Å²) < 4.78 is 37.8. The van der Waals surface area contributed by atoms with E-state index in [1.807, 2.05) is 6.92 Å². The molecular weight excluding hydrogens is 401 g/mol. The van der Waals surface area contributed by atoms with Crippen molar-refractivity contribution in [1.29, 1.82) is 0 Å². The number of aliphatic hydroxyl groups is 1. The molecule has 3 amide bonds. The summed E-state index contributed by atoms with van der Waals surface area (Å²) in [6.07, 6.45) is -3.15. The minimum atomic E-state index is -3.29. The largest absolute Gasteiger partial charge is 0.386 e. The number of carbonyl (C=O) groups is 2. The van der Waals surface area contributed by atoms with Gasteiger partial charge in [0.1, 0.15) is 12.8 Å². The van der Waals surface area contributed by atoms with E-state index in [-0.39, 0.29) is 18.1 Å². The smallest absolute Gasteiger partial charge is 0.315 e. The lowest BCUT2D eigenvalue weighted by Crippen LogP contribution is -2.43. The van der Waals surface area contributed by atoms with Gasteiger partial charge in [0.2, 0.25) is 0 Å². The van der Waals surface area contributed by atoms with Crippen molar-refractivity contribution in [3.63, 3.8) is 0 Å². The number of hydrogen-bond acceptors (Lipinski definition) is 4. The molecule has 162 valence electrons. The minimum absolute atomic E-state index is 0.270. The number of pyridine rings is 1. The first-order chi connectivity index (χ1) is 14.3. The molecule has 0 saturated heterocycles. The second kappa shape index (κ2) is 11.1. The Morgan fingerprint density at radius 1 is 1.07 bits per heavy atom. The van der Waals surface area contributed by atoms with Gasteiger partial charge in [-0.2, -0.15) is 8.78 Å². The molecule has 30 heavy (non-hydrogen) atoms. The van der Waals surface area contributed by atoms with Crippen molar-refractivity contribution < 1.29 is 27.9 Å². The highest BCUT2D eigenvalue weighted by Crippen LogP contribution is 2.23. The van der Waals surface area contributed by atoms with Gasteiger partial charge in [-0.1, -0.05) is 30.3 Å². The molecule has 10 heteroatoms. The number of aromatic nitrogens is 1. The molecule has 0 saturated carbocycles. The third-order valence-electron chi connectivity index (χ3n) is 4.25. The van der Waals surface area contributed by atoms with Gasteiger partial charge in [0.05, 0.1) is 18.3 Å². The SMILES string of the molecule is CCNC(=O)NCc1ccc(-c2ccc(C(O)C(CF)NC(=O)C(F)F)cc2)cn1. The zero-order chi connectivity index (χ0) is 22.1. The Bertz CT molecular complexity index is 832. The first-order valence-electron chi connectivity index (χ1n) is 9.25. The number of urea groups is 1. The van der Waals surface area contributed by atoms with Gasteiger partial charge in [0, 0.05) is 18.3 Å². The summed E-state index contributed by atoms with van der Waals surface area (Å²) in [4.78, 5) is 26.7. The van der Waals surface area contributed by atoms with Crippen molar-refractivity contribution in [2.24, 2.45) is 0 Å². The Balaban J connectivity index is 2.02. The number of halogens is 3. The summed E-state index contributed by atoms with van der Waals surface area (Å²) in [7, 11) is 0. The van der Waals surface area contributed by atoms with Crippen molar-refractivity contribution in [3.05, 3.63) is 53.9 Å². The summed E-state index contributed by atoms with van der Waals surface area (Å²) in [5.74, 6) is -1.64. The topological polar surface area (TPSA) is 103 Å². The Morgan fingerprint density at radius 3 is 2.27 bits per heavy atom. The molecule has 2 atom stereocenters. The predicted molar refractivity (Wildman–Crippen MR) is 104 cm³/mol. The molecule has 2 aromatic rings. The van der Waals surface area contributed by atoms with Crippen LogP contribution in [0, 0.1) is 0 Å². The van der Waals surface area contributed by atoms with Gasteiger partial charge in [-0.25, -0.2) is 9.18 Å². The van der Waals surface area contributed by atoms with Crippen LogP contribution >= 0.6 is 0 Å². The molecule has 1 aromatic carbocycles. The van der Waals surface area contributed by atoms with Gasteiger partial charge in [-0.05, 0) is 24.1 Å². The van der Waals surface area contributed by atoms with Crippen LogP contribution in [0.5, 0.6) is 0 Å². The molecule has 1 aromatic heterocycles. The van der Waals surface area contributed by atoms with Gasteiger partial charge in [-0.3, -0.25) is 9.78 Å². The third-order valence-corrected chi connectivity index (χ3v) is 4.25. The molecule has 0 aliphatic carbocycles. The zero-order valence-electron chi connectivity index (χ0n) is 16.2. The van der Waals surface area contributed by atoms with E-state index >= 15 is 0 Å². The van der Waals surface area contributed by atoms with Gasteiger partial charge in [0.25, 0.3) is 5.91 Å². The first kappa shape index (κ1) is 23.1. The fourth-order valence-corrected chi connectivity index (χ4v) is 2.65. The molecule has 0 bridgehead atoms. The lowest BCUT2D eigenvalue weighted by atomic mass is 9.99. The van der Waals surface area contributed by atoms with E-state index in [2.05, 4.69) is 15.6 Å². The first-order valence-corrected chi connectivity index (χ1v) is 9.25. The summed E-state index contributed by atoms with van der Waals surface area (Å²) >= 11 is 0. The number of hydrogen-bond donors (Lipinski definition) is 4. The van der Waals surface area contributed by atoms with Crippen LogP contribution in [-0.4, -0.2) is 47.7 Å². The van der Waals surface area contributed by atoms with Gasteiger partial charge < -0.3 is 21.1 Å². The average molecular weight is 424 g/mol. The van der Waals surface area contributed by atoms with Crippen molar-refractivity contribution in [2.45, 2.75) is 32.0 Å². The van der Waals surface area contributed by atoms with Crippen LogP contribution in [0.15, 0.2) is 42.6 Å².